The first-order chi connectivity index (χ1) is 14.0. The van der Waals surface area contributed by atoms with Gasteiger partial charge >= 0.3 is 0 Å². The third-order valence-electron chi connectivity index (χ3n) is 4.80. The van der Waals surface area contributed by atoms with Crippen LogP contribution in [0.4, 0.5) is 5.69 Å². The smallest absolute Gasteiger partial charge is 0.261 e. The van der Waals surface area contributed by atoms with Crippen molar-refractivity contribution in [3.8, 4) is 11.5 Å². The molecule has 0 radical (unpaired) electrons. The van der Waals surface area contributed by atoms with Crippen LogP contribution in [-0.4, -0.2) is 28.7 Å². The van der Waals surface area contributed by atoms with Crippen LogP contribution in [0.3, 0.4) is 0 Å². The monoisotopic (exact) mass is 393 g/mol. The molecule has 4 rings (SSSR count). The molecule has 1 aliphatic heterocycles. The number of aromatic nitrogens is 2. The van der Waals surface area contributed by atoms with Crippen LogP contribution in [-0.2, 0) is 11.2 Å². The lowest BCUT2D eigenvalue weighted by Gasteiger charge is -2.11. The number of rotatable bonds is 4. The van der Waals surface area contributed by atoms with E-state index < -0.39 is 0 Å². The molecule has 0 fully saturated rings. The number of benzene rings is 2. The molecule has 0 aliphatic carbocycles. The molecule has 0 saturated heterocycles. The summed E-state index contributed by atoms with van der Waals surface area (Å²) in [6, 6.07) is 10.7. The second-order valence-corrected chi connectivity index (χ2v) is 7.34. The molecular weight excluding hydrogens is 370 g/mol. The molecule has 1 aliphatic rings. The Hall–Kier alpha value is -3.35. The largest absolute Gasteiger partial charge is 0.490 e. The Bertz CT molecular complexity index is 1120. The summed E-state index contributed by atoms with van der Waals surface area (Å²) >= 11 is 0. The first-order valence-corrected chi connectivity index (χ1v) is 9.70. The molecule has 1 amide bonds. The van der Waals surface area contributed by atoms with Crippen molar-refractivity contribution in [3.63, 3.8) is 0 Å². The Balaban J connectivity index is 1.52. The summed E-state index contributed by atoms with van der Waals surface area (Å²) in [6.07, 6.45) is 2.58. The standard InChI is InChI=1S/C22H23N3O4/c1-14(2)25-13-23-18-6-5-16(12-17(18)22(25)27)24-21(26)11-15-4-7-19-20(10-15)29-9-3-8-28-19/h4-7,10,12-14H,3,8-9,11H2,1-2H3,(H,24,26). The zero-order valence-corrected chi connectivity index (χ0v) is 16.5. The molecule has 1 N–H and O–H groups in total. The van der Waals surface area contributed by atoms with Gasteiger partial charge in [-0.05, 0) is 49.7 Å². The lowest BCUT2D eigenvalue weighted by molar-refractivity contribution is -0.115. The molecule has 29 heavy (non-hydrogen) atoms. The van der Waals surface area contributed by atoms with Crippen molar-refractivity contribution >= 4 is 22.5 Å². The summed E-state index contributed by atoms with van der Waals surface area (Å²) in [7, 11) is 0. The van der Waals surface area contributed by atoms with Crippen molar-refractivity contribution < 1.29 is 14.3 Å². The molecule has 0 spiro atoms. The summed E-state index contributed by atoms with van der Waals surface area (Å²) in [6.45, 7) is 5.08. The van der Waals surface area contributed by atoms with E-state index >= 15 is 0 Å². The van der Waals surface area contributed by atoms with E-state index in [1.807, 2.05) is 32.0 Å². The van der Waals surface area contributed by atoms with Crippen LogP contribution in [0.5, 0.6) is 11.5 Å². The number of nitrogens with zero attached hydrogens (tertiary/aromatic N) is 2. The predicted octanol–water partition coefficient (Wildman–Crippen LogP) is 3.32. The van der Waals surface area contributed by atoms with Gasteiger partial charge in [-0.3, -0.25) is 14.2 Å². The molecule has 2 aromatic carbocycles. The molecule has 7 heteroatoms. The normalized spacial score (nSPS) is 13.3. The lowest BCUT2D eigenvalue weighted by Crippen LogP contribution is -2.22. The van der Waals surface area contributed by atoms with Crippen molar-refractivity contribution in [2.45, 2.75) is 32.7 Å². The maximum Gasteiger partial charge on any atom is 0.261 e. The van der Waals surface area contributed by atoms with Crippen molar-refractivity contribution in [1.82, 2.24) is 9.55 Å². The highest BCUT2D eigenvalue weighted by Crippen LogP contribution is 2.30. The van der Waals surface area contributed by atoms with Gasteiger partial charge in [-0.2, -0.15) is 0 Å². The van der Waals surface area contributed by atoms with E-state index in [2.05, 4.69) is 10.3 Å². The van der Waals surface area contributed by atoms with Crippen LogP contribution < -0.4 is 20.3 Å². The highest BCUT2D eigenvalue weighted by atomic mass is 16.5. The fourth-order valence-electron chi connectivity index (χ4n) is 3.29. The molecular formula is C22H23N3O4. The van der Waals surface area contributed by atoms with E-state index in [0.717, 1.165) is 12.0 Å². The van der Waals surface area contributed by atoms with Gasteiger partial charge in [-0.25, -0.2) is 4.98 Å². The fourth-order valence-corrected chi connectivity index (χ4v) is 3.29. The number of hydrogen-bond donors (Lipinski definition) is 1. The fraction of sp³-hybridized carbons (Fsp3) is 0.318. The van der Waals surface area contributed by atoms with Gasteiger partial charge in [-0.15, -0.1) is 0 Å². The molecule has 0 atom stereocenters. The summed E-state index contributed by atoms with van der Waals surface area (Å²) < 4.78 is 12.9. The van der Waals surface area contributed by atoms with Gasteiger partial charge in [0.05, 0.1) is 36.9 Å². The van der Waals surface area contributed by atoms with E-state index in [4.69, 9.17) is 9.47 Å². The topological polar surface area (TPSA) is 82.5 Å². The highest BCUT2D eigenvalue weighted by molar-refractivity contribution is 5.94. The van der Waals surface area contributed by atoms with E-state index in [1.54, 1.807) is 29.1 Å². The van der Waals surface area contributed by atoms with Gasteiger partial charge in [-0.1, -0.05) is 6.07 Å². The van der Waals surface area contributed by atoms with Crippen LogP contribution in [0, 0.1) is 0 Å². The SMILES string of the molecule is CC(C)n1cnc2ccc(NC(=O)Cc3ccc4c(c3)OCCCO4)cc2c1=O. The van der Waals surface area contributed by atoms with Gasteiger partial charge in [0, 0.05) is 18.2 Å². The summed E-state index contributed by atoms with van der Waals surface area (Å²) in [5, 5.41) is 3.35. The average molecular weight is 393 g/mol. The first-order valence-electron chi connectivity index (χ1n) is 9.70. The predicted molar refractivity (Wildman–Crippen MR) is 111 cm³/mol. The molecule has 1 aromatic heterocycles. The van der Waals surface area contributed by atoms with Crippen LogP contribution in [0.25, 0.3) is 10.9 Å². The number of hydrogen-bond acceptors (Lipinski definition) is 5. The van der Waals surface area contributed by atoms with Crippen LogP contribution in [0.15, 0.2) is 47.5 Å². The van der Waals surface area contributed by atoms with Crippen molar-refractivity contribution in [2.75, 3.05) is 18.5 Å². The Labute approximate surface area is 168 Å². The van der Waals surface area contributed by atoms with Crippen LogP contribution in [0.1, 0.15) is 31.9 Å². The quantitative estimate of drug-likeness (QED) is 0.735. The average Bonchev–Trinajstić information content (AvgIpc) is 2.93. The van der Waals surface area contributed by atoms with E-state index in [0.29, 0.717) is 41.3 Å². The number of carbonyl (C=O) groups is 1. The van der Waals surface area contributed by atoms with Crippen molar-refractivity contribution in [3.05, 3.63) is 58.6 Å². The van der Waals surface area contributed by atoms with Gasteiger partial charge in [0.1, 0.15) is 0 Å². The molecule has 7 nitrogen and oxygen atoms in total. The zero-order valence-electron chi connectivity index (χ0n) is 16.5. The van der Waals surface area contributed by atoms with E-state index in [9.17, 15) is 9.59 Å². The second kappa shape index (κ2) is 7.95. The van der Waals surface area contributed by atoms with Gasteiger partial charge < -0.3 is 14.8 Å². The van der Waals surface area contributed by atoms with Crippen LogP contribution in [0.2, 0.25) is 0 Å². The van der Waals surface area contributed by atoms with Crippen molar-refractivity contribution in [1.29, 1.82) is 0 Å². The van der Waals surface area contributed by atoms with Gasteiger partial charge in [0.15, 0.2) is 11.5 Å². The minimum Gasteiger partial charge on any atom is -0.490 e. The maximum atomic E-state index is 12.6. The number of nitrogens with one attached hydrogen (secondary N) is 1. The lowest BCUT2D eigenvalue weighted by atomic mass is 10.1. The number of fused-ring (bicyclic) bond motifs is 2. The van der Waals surface area contributed by atoms with E-state index in [-0.39, 0.29) is 23.9 Å². The Morgan fingerprint density at radius 1 is 1.14 bits per heavy atom. The minimum atomic E-state index is -0.174. The number of anilines is 1. The molecule has 150 valence electrons. The number of carbonyl (C=O) groups excluding carboxylic acids is 1. The highest BCUT2D eigenvalue weighted by Gasteiger charge is 2.13. The summed E-state index contributed by atoms with van der Waals surface area (Å²) in [4.78, 5) is 29.5. The first kappa shape index (κ1) is 19.0. The minimum absolute atomic E-state index is 0.0112. The molecule has 0 saturated carbocycles. The molecule has 0 bridgehead atoms. The maximum absolute atomic E-state index is 12.6. The third kappa shape index (κ3) is 4.08. The molecule has 0 unspecified atom stereocenters. The second-order valence-electron chi connectivity index (χ2n) is 7.34. The van der Waals surface area contributed by atoms with Gasteiger partial charge in [0.2, 0.25) is 5.91 Å². The molecule has 2 heterocycles. The summed E-state index contributed by atoms with van der Waals surface area (Å²) in [5.41, 5.74) is 1.88. The number of ether oxygens (including phenoxy) is 2. The van der Waals surface area contributed by atoms with Gasteiger partial charge in [0.25, 0.3) is 5.56 Å². The van der Waals surface area contributed by atoms with Crippen molar-refractivity contribution in [2.24, 2.45) is 0 Å². The van der Waals surface area contributed by atoms with E-state index in [1.165, 1.54) is 0 Å². The molecule has 3 aromatic rings. The number of amides is 1. The Morgan fingerprint density at radius 2 is 1.93 bits per heavy atom. The third-order valence-corrected chi connectivity index (χ3v) is 4.80. The zero-order chi connectivity index (χ0) is 20.4. The Morgan fingerprint density at radius 3 is 2.72 bits per heavy atom. The van der Waals surface area contributed by atoms with Crippen LogP contribution >= 0.6 is 0 Å². The Kier molecular flexibility index (Phi) is 5.20. The summed E-state index contributed by atoms with van der Waals surface area (Å²) in [5.74, 6) is 1.20.